The number of aliphatic hydroxyl groups is 1. The highest BCUT2D eigenvalue weighted by Gasteiger charge is 2.39. The number of likely N-dealkylation sites (tertiary alicyclic amines) is 1. The molecule has 1 amide bonds. The zero-order chi connectivity index (χ0) is 25.0. The van der Waals surface area contributed by atoms with Crippen LogP contribution in [-0.4, -0.2) is 38.6 Å². The van der Waals surface area contributed by atoms with Gasteiger partial charge in [-0.25, -0.2) is 9.37 Å². The number of hydrogen-bond donors (Lipinski definition) is 1. The van der Waals surface area contributed by atoms with Gasteiger partial charge in [-0.3, -0.25) is 14.2 Å². The van der Waals surface area contributed by atoms with Gasteiger partial charge in [-0.15, -0.1) is 6.58 Å². The predicted octanol–water partition coefficient (Wildman–Crippen LogP) is 4.79. The lowest BCUT2D eigenvalue weighted by Gasteiger charge is -2.41. The molecule has 0 radical (unpaired) electrons. The molecule has 1 saturated heterocycles. The fourth-order valence-corrected chi connectivity index (χ4v) is 5.80. The van der Waals surface area contributed by atoms with Crippen LogP contribution in [0, 0.1) is 24.6 Å². The van der Waals surface area contributed by atoms with E-state index in [1.54, 1.807) is 25.1 Å². The highest BCUT2D eigenvalue weighted by molar-refractivity contribution is 5.79. The van der Waals surface area contributed by atoms with Crippen molar-refractivity contribution in [3.05, 3.63) is 65.0 Å². The Balaban J connectivity index is 1.47. The first-order chi connectivity index (χ1) is 16.8. The van der Waals surface area contributed by atoms with Crippen molar-refractivity contribution in [3.63, 3.8) is 0 Å². The largest absolute Gasteiger partial charge is 0.370 e. The third-order valence-corrected chi connectivity index (χ3v) is 7.67. The minimum Gasteiger partial charge on any atom is -0.370 e. The molecule has 2 heterocycles. The van der Waals surface area contributed by atoms with Crippen molar-refractivity contribution in [2.45, 2.75) is 70.4 Å². The number of carbonyl (C=O) groups excluding carboxylic acids is 1. The molecule has 2 aromatic rings. The number of rotatable bonds is 7. The SMILES string of the molecule is C=CCC(CC1CCCCC1)C(=O)N1CCC(O)(n2c(C)nc(-c3ccccc3F)cc2=O)CC1. The minimum absolute atomic E-state index is 0.0760. The van der Waals surface area contributed by atoms with E-state index in [-0.39, 0.29) is 35.9 Å². The van der Waals surface area contributed by atoms with Crippen molar-refractivity contribution in [2.24, 2.45) is 11.8 Å². The van der Waals surface area contributed by atoms with Crippen molar-refractivity contribution in [3.8, 4) is 11.3 Å². The summed E-state index contributed by atoms with van der Waals surface area (Å²) in [4.78, 5) is 32.6. The maximum atomic E-state index is 14.2. The summed E-state index contributed by atoms with van der Waals surface area (Å²) in [7, 11) is 0. The topological polar surface area (TPSA) is 75.4 Å². The van der Waals surface area contributed by atoms with Crippen LogP contribution in [0.3, 0.4) is 0 Å². The highest BCUT2D eigenvalue weighted by atomic mass is 19.1. The van der Waals surface area contributed by atoms with Crippen LogP contribution in [0.4, 0.5) is 4.39 Å². The van der Waals surface area contributed by atoms with Crippen LogP contribution < -0.4 is 5.56 Å². The molecule has 7 heteroatoms. The average Bonchev–Trinajstić information content (AvgIpc) is 2.84. The number of aryl methyl sites for hydroxylation is 1. The maximum Gasteiger partial charge on any atom is 0.256 e. The van der Waals surface area contributed by atoms with Gasteiger partial charge in [0.2, 0.25) is 5.91 Å². The second kappa shape index (κ2) is 10.9. The van der Waals surface area contributed by atoms with Crippen LogP contribution in [-0.2, 0) is 10.5 Å². The van der Waals surface area contributed by atoms with Crippen LogP contribution >= 0.6 is 0 Å². The first-order valence-corrected chi connectivity index (χ1v) is 12.8. The molecule has 6 nitrogen and oxygen atoms in total. The summed E-state index contributed by atoms with van der Waals surface area (Å²) in [6, 6.07) is 7.44. The monoisotopic (exact) mass is 481 g/mol. The van der Waals surface area contributed by atoms with Gasteiger partial charge in [0.1, 0.15) is 17.4 Å². The fraction of sp³-hybridized carbons (Fsp3) is 0.536. The summed E-state index contributed by atoms with van der Waals surface area (Å²) in [5, 5.41) is 11.4. The number of aromatic nitrogens is 2. The van der Waals surface area contributed by atoms with Gasteiger partial charge in [0.05, 0.1) is 5.69 Å². The molecular formula is C28H36FN3O3. The quantitative estimate of drug-likeness (QED) is 0.577. The summed E-state index contributed by atoms with van der Waals surface area (Å²) >= 11 is 0. The number of benzene rings is 1. The smallest absolute Gasteiger partial charge is 0.256 e. The Morgan fingerprint density at radius 2 is 1.94 bits per heavy atom. The van der Waals surface area contributed by atoms with E-state index in [9.17, 15) is 19.1 Å². The van der Waals surface area contributed by atoms with Crippen LogP contribution in [0.15, 0.2) is 47.8 Å². The average molecular weight is 482 g/mol. The van der Waals surface area contributed by atoms with Crippen LogP contribution in [0.5, 0.6) is 0 Å². The van der Waals surface area contributed by atoms with Gasteiger partial charge in [0.25, 0.3) is 5.56 Å². The Labute approximate surface area is 206 Å². The van der Waals surface area contributed by atoms with E-state index in [1.165, 1.54) is 48.8 Å². The Kier molecular flexibility index (Phi) is 7.85. The predicted molar refractivity (Wildman–Crippen MR) is 134 cm³/mol. The molecule has 2 fully saturated rings. The van der Waals surface area contributed by atoms with Gasteiger partial charge in [-0.1, -0.05) is 50.3 Å². The first-order valence-electron chi connectivity index (χ1n) is 12.8. The van der Waals surface area contributed by atoms with E-state index in [0.717, 1.165) is 6.42 Å². The molecule has 0 spiro atoms. The van der Waals surface area contributed by atoms with Crippen molar-refractivity contribution in [2.75, 3.05) is 13.1 Å². The third kappa shape index (κ3) is 5.56. The molecule has 1 saturated carbocycles. The van der Waals surface area contributed by atoms with E-state index in [4.69, 9.17) is 0 Å². The van der Waals surface area contributed by atoms with Gasteiger partial charge in [-0.2, -0.15) is 0 Å². The Bertz CT molecular complexity index is 1110. The van der Waals surface area contributed by atoms with Crippen molar-refractivity contribution in [1.29, 1.82) is 0 Å². The molecule has 2 aliphatic rings. The molecule has 188 valence electrons. The summed E-state index contributed by atoms with van der Waals surface area (Å²) in [5.41, 5.74) is -1.37. The number of carbonyl (C=O) groups is 1. The van der Waals surface area contributed by atoms with Gasteiger partial charge in [-0.05, 0) is 37.8 Å². The minimum atomic E-state index is -1.43. The zero-order valence-electron chi connectivity index (χ0n) is 20.6. The van der Waals surface area contributed by atoms with E-state index >= 15 is 0 Å². The molecule has 1 aliphatic heterocycles. The van der Waals surface area contributed by atoms with Gasteiger partial charge < -0.3 is 10.0 Å². The number of halogens is 1. The van der Waals surface area contributed by atoms with Crippen LogP contribution in [0.2, 0.25) is 0 Å². The van der Waals surface area contributed by atoms with E-state index in [2.05, 4.69) is 11.6 Å². The molecule has 1 unspecified atom stereocenters. The lowest BCUT2D eigenvalue weighted by atomic mass is 9.81. The number of nitrogens with zero attached hydrogens (tertiary/aromatic N) is 3. The van der Waals surface area contributed by atoms with E-state index in [1.807, 2.05) is 11.0 Å². The zero-order valence-corrected chi connectivity index (χ0v) is 20.6. The number of hydrogen-bond acceptors (Lipinski definition) is 4. The third-order valence-electron chi connectivity index (χ3n) is 7.67. The Hall–Kier alpha value is -2.80. The van der Waals surface area contributed by atoms with Gasteiger partial charge in [0.15, 0.2) is 0 Å². The fourth-order valence-electron chi connectivity index (χ4n) is 5.80. The molecule has 1 N–H and O–H groups in total. The molecule has 35 heavy (non-hydrogen) atoms. The van der Waals surface area contributed by atoms with Crippen LogP contribution in [0.25, 0.3) is 11.3 Å². The molecular weight excluding hydrogens is 445 g/mol. The Morgan fingerprint density at radius 3 is 2.57 bits per heavy atom. The second-order valence-electron chi connectivity index (χ2n) is 10.1. The number of allylic oxidation sites excluding steroid dienone is 1. The second-order valence-corrected chi connectivity index (χ2v) is 10.1. The first kappa shape index (κ1) is 25.3. The molecule has 1 aromatic heterocycles. The molecule has 1 atom stereocenters. The van der Waals surface area contributed by atoms with E-state index in [0.29, 0.717) is 31.3 Å². The summed E-state index contributed by atoms with van der Waals surface area (Å²) in [5.74, 6) is 0.506. The molecule has 1 aromatic carbocycles. The maximum absolute atomic E-state index is 14.2. The van der Waals surface area contributed by atoms with Crippen molar-refractivity contribution >= 4 is 5.91 Å². The molecule has 1 aliphatic carbocycles. The number of amides is 1. The summed E-state index contributed by atoms with van der Waals surface area (Å²) in [6.07, 6.45) is 10.0. The van der Waals surface area contributed by atoms with Gasteiger partial charge in [0, 0.05) is 43.5 Å². The van der Waals surface area contributed by atoms with Gasteiger partial charge >= 0.3 is 0 Å². The van der Waals surface area contributed by atoms with Crippen LogP contribution in [0.1, 0.15) is 63.6 Å². The standard InChI is InChI=1S/C28H36FN3O3/c1-3-9-22(18-21-10-5-4-6-11-21)27(34)31-16-14-28(35,15-17-31)32-20(2)30-25(19-26(32)33)23-12-7-8-13-24(23)29/h3,7-8,12-13,19,21-22,35H,1,4-6,9-11,14-18H2,2H3. The normalized spacial score (nSPS) is 19.3. The summed E-state index contributed by atoms with van der Waals surface area (Å²) in [6.45, 7) is 6.24. The number of piperidine rings is 1. The lowest BCUT2D eigenvalue weighted by molar-refractivity contribution is -0.145. The molecule has 0 bridgehead atoms. The van der Waals surface area contributed by atoms with Crippen molar-refractivity contribution in [1.82, 2.24) is 14.5 Å². The summed E-state index contributed by atoms with van der Waals surface area (Å²) < 4.78 is 15.5. The lowest BCUT2D eigenvalue weighted by Crippen LogP contribution is -2.52. The molecule has 4 rings (SSSR count). The van der Waals surface area contributed by atoms with E-state index < -0.39 is 17.1 Å². The van der Waals surface area contributed by atoms with Crippen molar-refractivity contribution < 1.29 is 14.3 Å². The highest BCUT2D eigenvalue weighted by Crippen LogP contribution is 2.33. The Morgan fingerprint density at radius 1 is 1.26 bits per heavy atom.